The van der Waals surface area contributed by atoms with Crippen molar-refractivity contribution in [3.05, 3.63) is 18.3 Å². The molecule has 0 aromatic carbocycles. The maximum absolute atomic E-state index is 10.9. The van der Waals surface area contributed by atoms with E-state index < -0.39 is 30.5 Å². The van der Waals surface area contributed by atoms with E-state index in [1.165, 1.54) is 0 Å². The van der Waals surface area contributed by atoms with E-state index in [1.807, 2.05) is 54.5 Å². The molecule has 0 aliphatic carbocycles. The van der Waals surface area contributed by atoms with E-state index in [-0.39, 0.29) is 12.0 Å². The summed E-state index contributed by atoms with van der Waals surface area (Å²) in [4.78, 5) is 15.2. The van der Waals surface area contributed by atoms with Crippen LogP contribution >= 0.6 is 0 Å². The predicted octanol–water partition coefficient (Wildman–Crippen LogP) is 2.27. The first kappa shape index (κ1) is 20.5. The number of primary amides is 1. The lowest BCUT2D eigenvalue weighted by Crippen LogP contribution is -2.41. The minimum Gasteiger partial charge on any atom is -0.470 e. The highest BCUT2D eigenvalue weighted by Crippen LogP contribution is 2.36. The highest BCUT2D eigenvalue weighted by molar-refractivity contribution is 6.62. The molecule has 0 radical (unpaired) electrons. The van der Waals surface area contributed by atoms with Gasteiger partial charge < -0.3 is 24.5 Å². The number of carbonyl (C=O) groups is 1. The van der Waals surface area contributed by atoms with Gasteiger partial charge in [0.2, 0.25) is 5.88 Å². The van der Waals surface area contributed by atoms with Crippen molar-refractivity contribution in [2.45, 2.75) is 65.8 Å². The van der Waals surface area contributed by atoms with Crippen LogP contribution < -0.4 is 15.9 Å². The zero-order chi connectivity index (χ0) is 19.8. The Labute approximate surface area is 155 Å². The Kier molecular flexibility index (Phi) is 5.59. The first-order chi connectivity index (χ1) is 11.8. The van der Waals surface area contributed by atoms with E-state index in [0.29, 0.717) is 5.88 Å². The fraction of sp³-hybridized carbons (Fsp3) is 0.667. The lowest BCUT2D eigenvalue weighted by molar-refractivity contribution is 0.00578. The maximum Gasteiger partial charge on any atom is 0.495 e. The molecule has 0 bridgehead atoms. The summed E-state index contributed by atoms with van der Waals surface area (Å²) in [6.45, 7) is 14.0. The molecule has 1 saturated heterocycles. The van der Waals surface area contributed by atoms with Crippen molar-refractivity contribution in [2.75, 3.05) is 6.61 Å². The number of hydrogen-bond acceptors (Lipinski definition) is 6. The average molecular weight is 364 g/mol. The predicted molar refractivity (Wildman–Crippen MR) is 99.4 cm³/mol. The van der Waals surface area contributed by atoms with Gasteiger partial charge in [-0.1, -0.05) is 20.8 Å². The fourth-order valence-corrected chi connectivity index (χ4v) is 2.38. The van der Waals surface area contributed by atoms with Crippen LogP contribution in [0.1, 0.15) is 48.5 Å². The molecule has 144 valence electrons. The summed E-state index contributed by atoms with van der Waals surface area (Å²) in [5, 5.41) is 0. The summed E-state index contributed by atoms with van der Waals surface area (Å²) in [6, 6.07) is 3.62. The van der Waals surface area contributed by atoms with Crippen LogP contribution in [0.3, 0.4) is 0 Å². The normalized spacial score (nSPS) is 19.9. The molecular formula is C18H29BN2O5. The third kappa shape index (κ3) is 4.68. The Morgan fingerprint density at radius 2 is 1.85 bits per heavy atom. The van der Waals surface area contributed by atoms with Gasteiger partial charge in [-0.05, 0) is 39.2 Å². The van der Waals surface area contributed by atoms with Crippen LogP contribution in [-0.4, -0.2) is 42.1 Å². The zero-order valence-corrected chi connectivity index (χ0v) is 16.7. The number of nitrogens with zero attached hydrogens (tertiary/aromatic N) is 1. The van der Waals surface area contributed by atoms with Crippen LogP contribution in [0.4, 0.5) is 4.79 Å². The van der Waals surface area contributed by atoms with Crippen molar-refractivity contribution in [1.29, 1.82) is 0 Å². The Morgan fingerprint density at radius 1 is 1.27 bits per heavy atom. The van der Waals surface area contributed by atoms with Crippen LogP contribution in [-0.2, 0) is 14.0 Å². The minimum atomic E-state index is -0.832. The van der Waals surface area contributed by atoms with E-state index in [0.717, 1.165) is 5.46 Å². The summed E-state index contributed by atoms with van der Waals surface area (Å²) < 4.78 is 23.0. The Hall–Kier alpha value is -1.80. The van der Waals surface area contributed by atoms with E-state index >= 15 is 0 Å². The smallest absolute Gasteiger partial charge is 0.470 e. The molecule has 2 N–H and O–H groups in total. The Bertz CT molecular complexity index is 641. The van der Waals surface area contributed by atoms with Crippen LogP contribution in [0.25, 0.3) is 0 Å². The fourth-order valence-electron chi connectivity index (χ4n) is 2.38. The van der Waals surface area contributed by atoms with Gasteiger partial charge in [-0.3, -0.25) is 0 Å². The van der Waals surface area contributed by atoms with Gasteiger partial charge in [0.15, 0.2) is 0 Å². The SMILES string of the molecule is CC(C)(C)[C@@H](COC(N)=O)Oc1cc(B2OC(C)(C)C(C)(C)O2)ccn1. The molecule has 0 unspecified atom stereocenters. The second-order valence-electron chi connectivity index (χ2n) is 8.62. The van der Waals surface area contributed by atoms with Crippen LogP contribution in [0.15, 0.2) is 18.3 Å². The summed E-state index contributed by atoms with van der Waals surface area (Å²) in [6.07, 6.45) is 0.405. The highest BCUT2D eigenvalue weighted by Gasteiger charge is 2.51. The molecule has 1 atom stereocenters. The number of aromatic nitrogens is 1. The molecule has 1 aliphatic rings. The topological polar surface area (TPSA) is 92.9 Å². The zero-order valence-electron chi connectivity index (χ0n) is 16.7. The van der Waals surface area contributed by atoms with Crippen LogP contribution in [0, 0.1) is 5.41 Å². The molecule has 2 rings (SSSR count). The lowest BCUT2D eigenvalue weighted by atomic mass is 9.80. The molecule has 8 heteroatoms. The van der Waals surface area contributed by atoms with Crippen molar-refractivity contribution in [3.63, 3.8) is 0 Å². The molecule has 0 saturated carbocycles. The van der Waals surface area contributed by atoms with Gasteiger partial charge >= 0.3 is 13.2 Å². The van der Waals surface area contributed by atoms with Gasteiger partial charge in [-0.2, -0.15) is 0 Å². The van der Waals surface area contributed by atoms with Gasteiger partial charge in [0.05, 0.1) is 11.2 Å². The summed E-state index contributed by atoms with van der Waals surface area (Å²) >= 11 is 0. The van der Waals surface area contributed by atoms with Crippen LogP contribution in [0.2, 0.25) is 0 Å². The molecule has 1 fully saturated rings. The average Bonchev–Trinajstić information content (AvgIpc) is 2.71. The van der Waals surface area contributed by atoms with Gasteiger partial charge in [-0.25, -0.2) is 9.78 Å². The summed E-state index contributed by atoms with van der Waals surface area (Å²) in [7, 11) is -0.500. The largest absolute Gasteiger partial charge is 0.495 e. The third-order valence-electron chi connectivity index (χ3n) is 4.89. The second kappa shape index (κ2) is 7.08. The lowest BCUT2D eigenvalue weighted by Gasteiger charge is -2.32. The number of hydrogen-bond donors (Lipinski definition) is 1. The number of pyridine rings is 1. The Morgan fingerprint density at radius 3 is 2.35 bits per heavy atom. The second-order valence-corrected chi connectivity index (χ2v) is 8.62. The third-order valence-corrected chi connectivity index (χ3v) is 4.89. The molecule has 0 spiro atoms. The number of carbonyl (C=O) groups excluding carboxylic acids is 1. The van der Waals surface area contributed by atoms with Gasteiger partial charge in [0.25, 0.3) is 0 Å². The number of amides is 1. The molecule has 1 aliphatic heterocycles. The van der Waals surface area contributed by atoms with Crippen molar-refractivity contribution >= 4 is 18.7 Å². The molecule has 7 nitrogen and oxygen atoms in total. The highest BCUT2D eigenvalue weighted by atomic mass is 16.7. The number of nitrogens with two attached hydrogens (primary N) is 1. The van der Waals surface area contributed by atoms with Crippen LogP contribution in [0.5, 0.6) is 5.88 Å². The quantitative estimate of drug-likeness (QED) is 0.806. The van der Waals surface area contributed by atoms with Crippen molar-refractivity contribution in [3.8, 4) is 5.88 Å². The molecule has 1 aromatic rings. The van der Waals surface area contributed by atoms with E-state index in [2.05, 4.69) is 4.98 Å². The van der Waals surface area contributed by atoms with Gasteiger partial charge in [0, 0.05) is 17.7 Å². The molecular weight excluding hydrogens is 335 g/mol. The van der Waals surface area contributed by atoms with Crippen molar-refractivity contribution in [2.24, 2.45) is 11.1 Å². The first-order valence-electron chi connectivity index (χ1n) is 8.72. The molecule has 2 heterocycles. The van der Waals surface area contributed by atoms with E-state index in [9.17, 15) is 4.79 Å². The minimum absolute atomic E-state index is 0.0429. The maximum atomic E-state index is 10.9. The van der Waals surface area contributed by atoms with Gasteiger partial charge in [-0.15, -0.1) is 0 Å². The van der Waals surface area contributed by atoms with E-state index in [4.69, 9.17) is 24.5 Å². The summed E-state index contributed by atoms with van der Waals surface area (Å²) in [5.74, 6) is 0.408. The monoisotopic (exact) mass is 364 g/mol. The Balaban J connectivity index is 2.17. The van der Waals surface area contributed by atoms with Crippen molar-refractivity contribution in [1.82, 2.24) is 4.98 Å². The standard InChI is InChI=1S/C18H29BN2O5/c1-16(2,3)13(11-23-15(20)22)24-14-10-12(8-9-21-14)19-25-17(4,5)18(6,7)26-19/h8-10,13H,11H2,1-7H3,(H2,20,22)/t13-/m1/s1. The number of ether oxygens (including phenoxy) is 2. The van der Waals surface area contributed by atoms with Crippen molar-refractivity contribution < 1.29 is 23.6 Å². The number of rotatable bonds is 5. The summed E-state index contributed by atoms with van der Waals surface area (Å²) in [5.41, 5.74) is 4.76. The molecule has 1 amide bonds. The molecule has 1 aromatic heterocycles. The molecule has 26 heavy (non-hydrogen) atoms. The van der Waals surface area contributed by atoms with Gasteiger partial charge in [0.1, 0.15) is 12.7 Å². The first-order valence-corrected chi connectivity index (χ1v) is 8.72. The van der Waals surface area contributed by atoms with E-state index in [1.54, 1.807) is 12.3 Å².